The van der Waals surface area contributed by atoms with Gasteiger partial charge in [0, 0.05) is 13.2 Å². The summed E-state index contributed by atoms with van der Waals surface area (Å²) in [7, 11) is 4.15. The fourth-order valence-corrected chi connectivity index (χ4v) is 0.510. The predicted molar refractivity (Wildman–Crippen MR) is 32.5 cm³/mol. The fraction of sp³-hybridized carbons (Fsp3) is 0.800. The predicted octanol–water partition coefficient (Wildman–Crippen LogP) is -2.45. The van der Waals surface area contributed by atoms with Crippen LogP contribution in [0.2, 0.25) is 0 Å². The normalized spacial score (nSPS) is 14.1. The fourth-order valence-electron chi connectivity index (χ4n) is 0.510. The molecular formula is C5H9BNNaO. The van der Waals surface area contributed by atoms with Crippen LogP contribution in [0.3, 0.4) is 0 Å². The number of rotatable bonds is 0. The zero-order valence-corrected chi connectivity index (χ0v) is 7.76. The van der Waals surface area contributed by atoms with Crippen molar-refractivity contribution in [1.29, 1.82) is 5.26 Å². The first-order valence-electron chi connectivity index (χ1n) is 2.59. The van der Waals surface area contributed by atoms with Crippen molar-refractivity contribution in [3.63, 3.8) is 0 Å². The van der Waals surface area contributed by atoms with E-state index in [0.29, 0.717) is 0 Å². The molecule has 44 valence electrons. The molecule has 0 spiro atoms. The van der Waals surface area contributed by atoms with E-state index in [0.717, 1.165) is 13.2 Å². The quantitative estimate of drug-likeness (QED) is 0.343. The first-order valence-corrected chi connectivity index (χ1v) is 2.59. The van der Waals surface area contributed by atoms with Crippen molar-refractivity contribution in [1.82, 2.24) is 0 Å². The summed E-state index contributed by atoms with van der Waals surface area (Å²) in [6.45, 7) is 2.00. The molecule has 1 heterocycles. The second kappa shape index (κ2) is 11.3. The first-order chi connectivity index (χ1) is 3.91. The van der Waals surface area contributed by atoms with E-state index < -0.39 is 0 Å². The minimum atomic E-state index is 0. The molecule has 0 saturated carbocycles. The smallest absolute Gasteiger partial charge is 1.00 e. The van der Waals surface area contributed by atoms with Gasteiger partial charge in [0.2, 0.25) is 7.85 Å². The molecule has 1 fully saturated rings. The molecule has 0 aliphatic carbocycles. The second-order valence-corrected chi connectivity index (χ2v) is 1.45. The van der Waals surface area contributed by atoms with Gasteiger partial charge in [-0.1, -0.05) is 0 Å². The summed E-state index contributed by atoms with van der Waals surface area (Å²) < 4.78 is 4.94. The Morgan fingerprint density at radius 3 is 1.89 bits per heavy atom. The average Bonchev–Trinajstić information content (AvgIpc) is 2.17. The molecule has 0 aromatic heterocycles. The summed E-state index contributed by atoms with van der Waals surface area (Å²) in [5.74, 6) is 1.25. The third kappa shape index (κ3) is 11.9. The number of ether oxygens (including phenoxy) is 1. The average molecular weight is 133 g/mol. The van der Waals surface area contributed by atoms with Gasteiger partial charge in [-0.2, -0.15) is 0 Å². The van der Waals surface area contributed by atoms with E-state index in [1.165, 1.54) is 18.8 Å². The molecular weight excluding hydrogens is 124 g/mol. The van der Waals surface area contributed by atoms with Crippen LogP contribution in [0.25, 0.3) is 0 Å². The minimum absolute atomic E-state index is 0. The van der Waals surface area contributed by atoms with E-state index in [1.807, 2.05) is 0 Å². The van der Waals surface area contributed by atoms with Crippen LogP contribution in [0, 0.1) is 11.2 Å². The van der Waals surface area contributed by atoms with E-state index in [-0.39, 0.29) is 31.0 Å². The van der Waals surface area contributed by atoms with Crippen molar-refractivity contribution >= 4 is 7.85 Å². The zero-order valence-electron chi connectivity index (χ0n) is 6.76. The Labute approximate surface area is 80.8 Å². The van der Waals surface area contributed by atoms with E-state index in [1.54, 1.807) is 0 Å². The van der Waals surface area contributed by atoms with Crippen molar-refractivity contribution in [2.24, 2.45) is 0 Å². The van der Waals surface area contributed by atoms with Gasteiger partial charge in [0.15, 0.2) is 0 Å². The molecule has 1 aliphatic rings. The number of hydrogen-bond donors (Lipinski definition) is 0. The molecule has 0 aromatic carbocycles. The molecule has 0 amide bonds. The Morgan fingerprint density at radius 2 is 1.78 bits per heavy atom. The van der Waals surface area contributed by atoms with Crippen molar-refractivity contribution in [2.75, 3.05) is 13.2 Å². The Morgan fingerprint density at radius 1 is 1.44 bits per heavy atom. The molecule has 0 unspecified atom stereocenters. The summed E-state index contributed by atoms with van der Waals surface area (Å²) >= 11 is 0. The molecule has 4 heteroatoms. The van der Waals surface area contributed by atoms with Gasteiger partial charge in [0.25, 0.3) is 0 Å². The molecule has 0 bridgehead atoms. The van der Waals surface area contributed by atoms with Gasteiger partial charge in [-0.05, 0) is 18.8 Å². The van der Waals surface area contributed by atoms with Gasteiger partial charge in [0.1, 0.15) is 0 Å². The summed E-state index contributed by atoms with van der Waals surface area (Å²) in [5.41, 5.74) is 0. The molecule has 1 saturated heterocycles. The van der Waals surface area contributed by atoms with Crippen molar-refractivity contribution < 1.29 is 35.7 Å². The maximum Gasteiger partial charge on any atom is 1.00 e. The third-order valence-electron chi connectivity index (χ3n) is 0.827. The SMILES string of the molecule is C1CCOC1.[B]C#N.[H-].[Na+]. The Hall–Kier alpha value is 0.515. The topological polar surface area (TPSA) is 33.0 Å². The maximum atomic E-state index is 7.10. The molecule has 0 aromatic rings. The van der Waals surface area contributed by atoms with Crippen LogP contribution in [0.4, 0.5) is 0 Å². The van der Waals surface area contributed by atoms with Crippen LogP contribution in [-0.2, 0) is 4.74 Å². The standard InChI is InChI=1S/C4H8O.CBN.Na.H/c1-2-4-5-3-1;2-1-3;;/h1-4H2;;;/q;;+1;-1. The summed E-state index contributed by atoms with van der Waals surface area (Å²) in [5, 5.41) is 7.10. The summed E-state index contributed by atoms with van der Waals surface area (Å²) in [6, 6.07) is 0. The van der Waals surface area contributed by atoms with Crippen LogP contribution in [-0.4, -0.2) is 21.1 Å². The third-order valence-corrected chi connectivity index (χ3v) is 0.827. The van der Waals surface area contributed by atoms with Crippen molar-refractivity contribution in [3.05, 3.63) is 0 Å². The molecule has 2 nitrogen and oxygen atoms in total. The Kier molecular flexibility index (Phi) is 15.4. The van der Waals surface area contributed by atoms with Crippen LogP contribution >= 0.6 is 0 Å². The van der Waals surface area contributed by atoms with Crippen LogP contribution in [0.1, 0.15) is 14.3 Å². The largest absolute Gasteiger partial charge is 1.00 e. The monoisotopic (exact) mass is 133 g/mol. The zero-order chi connectivity index (χ0) is 6.24. The molecule has 0 atom stereocenters. The van der Waals surface area contributed by atoms with Crippen LogP contribution in [0.5, 0.6) is 0 Å². The Bertz CT molecular complexity index is 76.6. The maximum absolute atomic E-state index is 7.10. The van der Waals surface area contributed by atoms with Gasteiger partial charge < -0.3 is 6.16 Å². The van der Waals surface area contributed by atoms with Gasteiger partial charge in [0.05, 0.1) is 0 Å². The molecule has 9 heavy (non-hydrogen) atoms. The van der Waals surface area contributed by atoms with E-state index in [9.17, 15) is 0 Å². The van der Waals surface area contributed by atoms with E-state index in [2.05, 4.69) is 7.85 Å². The molecule has 2 radical (unpaired) electrons. The van der Waals surface area contributed by atoms with Crippen molar-refractivity contribution in [2.45, 2.75) is 12.8 Å². The number of nitrogens with zero attached hydrogens (tertiary/aromatic N) is 1. The molecule has 0 N–H and O–H groups in total. The number of hydrogen-bond acceptors (Lipinski definition) is 2. The molecule has 1 aliphatic heterocycles. The first kappa shape index (κ1) is 12.2. The van der Waals surface area contributed by atoms with Gasteiger partial charge >= 0.3 is 29.6 Å². The van der Waals surface area contributed by atoms with E-state index >= 15 is 0 Å². The minimum Gasteiger partial charge on any atom is -1.00 e. The second-order valence-electron chi connectivity index (χ2n) is 1.45. The summed E-state index contributed by atoms with van der Waals surface area (Å²) in [6.07, 6.45) is 2.56. The van der Waals surface area contributed by atoms with Gasteiger partial charge in [-0.25, -0.2) is 5.26 Å². The number of nitriles is 1. The van der Waals surface area contributed by atoms with Crippen molar-refractivity contribution in [3.8, 4) is 5.97 Å². The summed E-state index contributed by atoms with van der Waals surface area (Å²) in [4.78, 5) is 0. The Balaban J connectivity index is -0.0000000900. The van der Waals surface area contributed by atoms with Crippen LogP contribution < -0.4 is 29.6 Å². The van der Waals surface area contributed by atoms with Gasteiger partial charge in [-0.3, -0.25) is 0 Å². The van der Waals surface area contributed by atoms with Gasteiger partial charge in [-0.15, -0.1) is 0 Å². The van der Waals surface area contributed by atoms with Crippen LogP contribution in [0.15, 0.2) is 0 Å². The molecule has 1 rings (SSSR count). The van der Waals surface area contributed by atoms with E-state index in [4.69, 9.17) is 10.00 Å².